The quantitative estimate of drug-likeness (QED) is 0.870. The maximum atomic E-state index is 11.2. The number of nitrogens with zero attached hydrogens (tertiary/aromatic N) is 1. The SMILES string of the molecule is COC(=O)NC1CCN(c2ccccc2[C@H](C)N)C1. The molecule has 0 aliphatic carbocycles. The largest absolute Gasteiger partial charge is 0.453 e. The number of rotatable bonds is 3. The summed E-state index contributed by atoms with van der Waals surface area (Å²) in [5, 5.41) is 2.84. The van der Waals surface area contributed by atoms with Crippen molar-refractivity contribution in [1.29, 1.82) is 0 Å². The second-order valence-electron chi connectivity index (χ2n) is 4.92. The molecule has 2 rings (SSSR count). The van der Waals surface area contributed by atoms with E-state index < -0.39 is 0 Å². The monoisotopic (exact) mass is 263 g/mol. The summed E-state index contributed by atoms with van der Waals surface area (Å²) in [5.74, 6) is 0. The number of hydrogen-bond donors (Lipinski definition) is 2. The Kier molecular flexibility index (Phi) is 4.27. The Bertz CT molecular complexity index is 448. The molecule has 1 fully saturated rings. The van der Waals surface area contributed by atoms with Crippen molar-refractivity contribution in [2.75, 3.05) is 25.1 Å². The van der Waals surface area contributed by atoms with E-state index in [1.54, 1.807) is 0 Å². The first-order chi connectivity index (χ1) is 9.11. The maximum Gasteiger partial charge on any atom is 0.407 e. The molecule has 1 aromatic carbocycles. The molecular weight excluding hydrogens is 242 g/mol. The second kappa shape index (κ2) is 5.93. The fourth-order valence-corrected chi connectivity index (χ4v) is 2.48. The second-order valence-corrected chi connectivity index (χ2v) is 4.92. The zero-order chi connectivity index (χ0) is 13.8. The van der Waals surface area contributed by atoms with Crippen LogP contribution in [0.4, 0.5) is 10.5 Å². The molecule has 1 unspecified atom stereocenters. The summed E-state index contributed by atoms with van der Waals surface area (Å²) in [6, 6.07) is 8.29. The van der Waals surface area contributed by atoms with Crippen molar-refractivity contribution < 1.29 is 9.53 Å². The lowest BCUT2D eigenvalue weighted by Gasteiger charge is -2.23. The fourth-order valence-electron chi connectivity index (χ4n) is 2.48. The van der Waals surface area contributed by atoms with Gasteiger partial charge >= 0.3 is 6.09 Å². The van der Waals surface area contributed by atoms with E-state index in [1.807, 2.05) is 19.1 Å². The van der Waals surface area contributed by atoms with Crippen LogP contribution in [0, 0.1) is 0 Å². The van der Waals surface area contributed by atoms with E-state index in [1.165, 1.54) is 7.11 Å². The number of nitrogens with one attached hydrogen (secondary N) is 1. The molecule has 1 aromatic rings. The predicted octanol–water partition coefficient (Wildman–Crippen LogP) is 1.64. The van der Waals surface area contributed by atoms with Crippen molar-refractivity contribution in [3.8, 4) is 0 Å². The molecule has 1 saturated heterocycles. The molecule has 104 valence electrons. The molecule has 5 heteroatoms. The summed E-state index contributed by atoms with van der Waals surface area (Å²) < 4.78 is 4.63. The average Bonchev–Trinajstić information content (AvgIpc) is 2.86. The number of nitrogens with two attached hydrogens (primary N) is 1. The Balaban J connectivity index is 2.06. The minimum atomic E-state index is -0.368. The van der Waals surface area contributed by atoms with Crippen molar-refractivity contribution in [2.45, 2.75) is 25.4 Å². The number of methoxy groups -OCH3 is 1. The molecule has 0 radical (unpaired) electrons. The van der Waals surface area contributed by atoms with Gasteiger partial charge in [0, 0.05) is 24.8 Å². The van der Waals surface area contributed by atoms with Crippen LogP contribution in [-0.2, 0) is 4.74 Å². The Hall–Kier alpha value is -1.75. The molecule has 19 heavy (non-hydrogen) atoms. The smallest absolute Gasteiger partial charge is 0.407 e. The Morgan fingerprint density at radius 2 is 2.26 bits per heavy atom. The van der Waals surface area contributed by atoms with Gasteiger partial charge in [0.05, 0.1) is 13.2 Å². The highest BCUT2D eigenvalue weighted by molar-refractivity contribution is 5.67. The van der Waals surface area contributed by atoms with Gasteiger partial charge in [-0.1, -0.05) is 18.2 Å². The van der Waals surface area contributed by atoms with Crippen molar-refractivity contribution in [3.05, 3.63) is 29.8 Å². The minimum absolute atomic E-state index is 0.00353. The molecule has 1 heterocycles. The summed E-state index contributed by atoms with van der Waals surface area (Å²) in [6.07, 6.45) is 0.551. The summed E-state index contributed by atoms with van der Waals surface area (Å²) in [7, 11) is 1.38. The highest BCUT2D eigenvalue weighted by Crippen LogP contribution is 2.27. The number of carbonyl (C=O) groups excluding carboxylic acids is 1. The van der Waals surface area contributed by atoms with Crippen LogP contribution in [0.3, 0.4) is 0 Å². The molecular formula is C14H21N3O2. The Morgan fingerprint density at radius 1 is 1.53 bits per heavy atom. The van der Waals surface area contributed by atoms with E-state index >= 15 is 0 Å². The van der Waals surface area contributed by atoms with Crippen LogP contribution in [0.15, 0.2) is 24.3 Å². The molecule has 3 N–H and O–H groups in total. The molecule has 0 bridgehead atoms. The van der Waals surface area contributed by atoms with Gasteiger partial charge in [0.15, 0.2) is 0 Å². The van der Waals surface area contributed by atoms with Crippen LogP contribution in [0.1, 0.15) is 24.9 Å². The summed E-state index contributed by atoms with van der Waals surface area (Å²) >= 11 is 0. The lowest BCUT2D eigenvalue weighted by atomic mass is 10.1. The number of para-hydroxylation sites is 1. The van der Waals surface area contributed by atoms with Crippen molar-refractivity contribution in [2.24, 2.45) is 5.73 Å². The summed E-state index contributed by atoms with van der Waals surface area (Å²) in [5.41, 5.74) is 8.30. The lowest BCUT2D eigenvalue weighted by molar-refractivity contribution is 0.167. The van der Waals surface area contributed by atoms with Gasteiger partial charge in [0.1, 0.15) is 0 Å². The third-order valence-corrected chi connectivity index (χ3v) is 3.46. The molecule has 2 atom stereocenters. The molecule has 0 spiro atoms. The van der Waals surface area contributed by atoms with Crippen LogP contribution in [0.5, 0.6) is 0 Å². The number of amides is 1. The van der Waals surface area contributed by atoms with Crippen LogP contribution in [0.25, 0.3) is 0 Å². The van der Waals surface area contributed by atoms with Gasteiger partial charge in [-0.3, -0.25) is 0 Å². The van der Waals surface area contributed by atoms with E-state index in [2.05, 4.69) is 27.1 Å². The van der Waals surface area contributed by atoms with Crippen LogP contribution in [0.2, 0.25) is 0 Å². The number of benzene rings is 1. The summed E-state index contributed by atoms with van der Waals surface area (Å²) in [4.78, 5) is 13.5. The molecule has 5 nitrogen and oxygen atoms in total. The highest BCUT2D eigenvalue weighted by Gasteiger charge is 2.25. The molecule has 1 aliphatic heterocycles. The zero-order valence-electron chi connectivity index (χ0n) is 11.4. The number of anilines is 1. The fraction of sp³-hybridized carbons (Fsp3) is 0.500. The van der Waals surface area contributed by atoms with Gasteiger partial charge in [-0.15, -0.1) is 0 Å². The van der Waals surface area contributed by atoms with E-state index in [0.29, 0.717) is 0 Å². The minimum Gasteiger partial charge on any atom is -0.453 e. The van der Waals surface area contributed by atoms with Gasteiger partial charge in [-0.25, -0.2) is 4.79 Å². The van der Waals surface area contributed by atoms with Crippen molar-refractivity contribution >= 4 is 11.8 Å². The van der Waals surface area contributed by atoms with E-state index in [-0.39, 0.29) is 18.2 Å². The Labute approximate surface area is 113 Å². The third kappa shape index (κ3) is 3.17. The number of ether oxygens (including phenoxy) is 1. The van der Waals surface area contributed by atoms with Crippen LogP contribution >= 0.6 is 0 Å². The number of hydrogen-bond acceptors (Lipinski definition) is 4. The molecule has 0 saturated carbocycles. The Morgan fingerprint density at radius 3 is 2.95 bits per heavy atom. The number of carbonyl (C=O) groups is 1. The van der Waals surface area contributed by atoms with Gasteiger partial charge in [0.25, 0.3) is 0 Å². The van der Waals surface area contributed by atoms with Gasteiger partial charge < -0.3 is 20.7 Å². The first kappa shape index (κ1) is 13.7. The van der Waals surface area contributed by atoms with E-state index in [9.17, 15) is 4.79 Å². The highest BCUT2D eigenvalue weighted by atomic mass is 16.5. The summed E-state index contributed by atoms with van der Waals surface area (Å²) in [6.45, 7) is 3.69. The molecule has 1 amide bonds. The van der Waals surface area contributed by atoms with E-state index in [4.69, 9.17) is 5.73 Å². The average molecular weight is 263 g/mol. The molecule has 0 aromatic heterocycles. The maximum absolute atomic E-state index is 11.2. The normalized spacial score (nSPS) is 20.2. The standard InChI is InChI=1S/C14H21N3O2/c1-10(15)12-5-3-4-6-13(12)17-8-7-11(9-17)16-14(18)19-2/h3-6,10-11H,7-9,15H2,1-2H3,(H,16,18)/t10-,11?/m0/s1. The predicted molar refractivity (Wildman–Crippen MR) is 75.2 cm³/mol. The first-order valence-electron chi connectivity index (χ1n) is 6.55. The topological polar surface area (TPSA) is 67.6 Å². The zero-order valence-corrected chi connectivity index (χ0v) is 11.4. The first-order valence-corrected chi connectivity index (χ1v) is 6.55. The van der Waals surface area contributed by atoms with Gasteiger partial charge in [-0.05, 0) is 25.0 Å². The van der Waals surface area contributed by atoms with Crippen molar-refractivity contribution in [1.82, 2.24) is 5.32 Å². The van der Waals surface area contributed by atoms with Gasteiger partial charge in [0.2, 0.25) is 0 Å². The van der Waals surface area contributed by atoms with E-state index in [0.717, 1.165) is 30.8 Å². The van der Waals surface area contributed by atoms with Crippen LogP contribution in [-0.4, -0.2) is 32.3 Å². The third-order valence-electron chi connectivity index (χ3n) is 3.46. The van der Waals surface area contributed by atoms with Crippen molar-refractivity contribution in [3.63, 3.8) is 0 Å². The lowest BCUT2D eigenvalue weighted by Crippen LogP contribution is -2.37. The van der Waals surface area contributed by atoms with Crippen LogP contribution < -0.4 is 16.0 Å². The number of alkyl carbamates (subject to hydrolysis) is 1. The molecule has 1 aliphatic rings. The van der Waals surface area contributed by atoms with Gasteiger partial charge in [-0.2, -0.15) is 0 Å².